The molecule has 0 saturated heterocycles. The molecule has 0 atom stereocenters. The molecular weight excluding hydrogens is 359 g/mol. The van der Waals surface area contributed by atoms with Crippen molar-refractivity contribution < 1.29 is 13.2 Å². The van der Waals surface area contributed by atoms with E-state index in [-0.39, 0.29) is 14.9 Å². The average molecular weight is 370 g/mol. The molecular formula is C12H11Cl3N2O3S. The molecule has 2 rings (SSSR count). The van der Waals surface area contributed by atoms with E-state index in [4.69, 9.17) is 38.6 Å². The zero-order valence-corrected chi connectivity index (χ0v) is 14.0. The zero-order valence-electron chi connectivity index (χ0n) is 10.9. The number of aromatic nitrogens is 2. The molecule has 0 fully saturated rings. The zero-order chi connectivity index (χ0) is 15.6. The van der Waals surface area contributed by atoms with Gasteiger partial charge in [0.15, 0.2) is 0 Å². The highest BCUT2D eigenvalue weighted by molar-refractivity contribution is 8.13. The number of hydrogen-bond acceptors (Lipinski definition) is 4. The molecule has 1 aromatic heterocycles. The summed E-state index contributed by atoms with van der Waals surface area (Å²) in [6.07, 6.45) is 3.52. The summed E-state index contributed by atoms with van der Waals surface area (Å²) in [6, 6.07) is 2.68. The Morgan fingerprint density at radius 2 is 2.00 bits per heavy atom. The number of rotatable bonds is 5. The number of benzene rings is 1. The number of nitrogens with zero attached hydrogens (tertiary/aromatic N) is 2. The molecule has 0 bridgehead atoms. The molecule has 0 aliphatic rings. The minimum Gasteiger partial charge on any atom is -0.490 e. The van der Waals surface area contributed by atoms with E-state index in [9.17, 15) is 8.42 Å². The first-order valence-electron chi connectivity index (χ1n) is 5.84. The molecule has 0 aliphatic heterocycles. The van der Waals surface area contributed by atoms with Crippen LogP contribution in [0.2, 0.25) is 10.0 Å². The average Bonchev–Trinajstić information content (AvgIpc) is 2.79. The summed E-state index contributed by atoms with van der Waals surface area (Å²) >= 11 is 11.9. The predicted octanol–water partition coefficient (Wildman–Crippen LogP) is 3.50. The van der Waals surface area contributed by atoms with Crippen LogP contribution in [0, 0.1) is 6.92 Å². The molecule has 5 nitrogen and oxygen atoms in total. The summed E-state index contributed by atoms with van der Waals surface area (Å²) in [5.41, 5.74) is 0. The summed E-state index contributed by atoms with van der Waals surface area (Å²) in [6.45, 7) is 2.79. The predicted molar refractivity (Wildman–Crippen MR) is 82.0 cm³/mol. The number of imidazole rings is 1. The highest BCUT2D eigenvalue weighted by Gasteiger charge is 2.19. The molecule has 114 valence electrons. The van der Waals surface area contributed by atoms with E-state index < -0.39 is 9.05 Å². The van der Waals surface area contributed by atoms with Crippen molar-refractivity contribution in [3.8, 4) is 5.75 Å². The second-order valence-corrected chi connectivity index (χ2v) is 7.43. The van der Waals surface area contributed by atoms with Crippen molar-refractivity contribution in [1.82, 2.24) is 9.55 Å². The standard InChI is InChI=1S/C12H11Cl3N2O3S/c1-8-16-4-5-17(8)6-7-20-9-2-3-10(21(15,18)19)12(14)11(9)13/h2-5H,6-7H2,1H3. The van der Waals surface area contributed by atoms with Crippen molar-refractivity contribution in [2.24, 2.45) is 0 Å². The van der Waals surface area contributed by atoms with Gasteiger partial charge in [0.1, 0.15) is 28.1 Å². The van der Waals surface area contributed by atoms with Gasteiger partial charge in [0, 0.05) is 23.1 Å². The maximum Gasteiger partial charge on any atom is 0.262 e. The van der Waals surface area contributed by atoms with Gasteiger partial charge in [0.2, 0.25) is 0 Å². The number of hydrogen-bond donors (Lipinski definition) is 0. The van der Waals surface area contributed by atoms with E-state index >= 15 is 0 Å². The van der Waals surface area contributed by atoms with Crippen LogP contribution in [-0.4, -0.2) is 24.6 Å². The van der Waals surface area contributed by atoms with Crippen LogP contribution in [0.1, 0.15) is 5.82 Å². The lowest BCUT2D eigenvalue weighted by molar-refractivity contribution is 0.297. The largest absolute Gasteiger partial charge is 0.490 e. The number of halogens is 3. The quantitative estimate of drug-likeness (QED) is 0.757. The van der Waals surface area contributed by atoms with Gasteiger partial charge in [-0.3, -0.25) is 0 Å². The first-order valence-corrected chi connectivity index (χ1v) is 8.90. The molecule has 0 N–H and O–H groups in total. The first kappa shape index (κ1) is 16.4. The van der Waals surface area contributed by atoms with Crippen LogP contribution in [0.4, 0.5) is 0 Å². The lowest BCUT2D eigenvalue weighted by atomic mass is 10.3. The van der Waals surface area contributed by atoms with Crippen molar-refractivity contribution in [1.29, 1.82) is 0 Å². The molecule has 0 saturated carbocycles. The number of ether oxygens (including phenoxy) is 1. The summed E-state index contributed by atoms with van der Waals surface area (Å²) in [5, 5.41) is -0.135. The highest BCUT2D eigenvalue weighted by Crippen LogP contribution is 2.37. The molecule has 0 amide bonds. The maximum atomic E-state index is 11.3. The smallest absolute Gasteiger partial charge is 0.262 e. The van der Waals surface area contributed by atoms with Crippen molar-refractivity contribution in [2.45, 2.75) is 18.4 Å². The third-order valence-corrected chi connectivity index (χ3v) is 5.13. The molecule has 0 aliphatic carbocycles. The van der Waals surface area contributed by atoms with E-state index in [0.29, 0.717) is 18.9 Å². The summed E-state index contributed by atoms with van der Waals surface area (Å²) in [5.74, 6) is 1.16. The van der Waals surface area contributed by atoms with Crippen molar-refractivity contribution in [3.05, 3.63) is 40.4 Å². The molecule has 1 heterocycles. The van der Waals surface area contributed by atoms with E-state index in [1.54, 1.807) is 6.20 Å². The fraction of sp³-hybridized carbons (Fsp3) is 0.250. The molecule has 21 heavy (non-hydrogen) atoms. The number of aryl methyl sites for hydroxylation is 1. The fourth-order valence-corrected chi connectivity index (χ4v) is 3.49. The normalized spacial score (nSPS) is 11.6. The molecule has 2 aromatic rings. The van der Waals surface area contributed by atoms with Gasteiger partial charge < -0.3 is 9.30 Å². The first-order chi connectivity index (χ1) is 9.80. The SMILES string of the molecule is Cc1nccn1CCOc1ccc(S(=O)(=O)Cl)c(Cl)c1Cl. The minimum atomic E-state index is -3.95. The van der Waals surface area contributed by atoms with Crippen LogP contribution >= 0.6 is 33.9 Å². The van der Waals surface area contributed by atoms with Gasteiger partial charge in [0.25, 0.3) is 9.05 Å². The van der Waals surface area contributed by atoms with Crippen LogP contribution in [0.5, 0.6) is 5.75 Å². The topological polar surface area (TPSA) is 61.2 Å². The third-order valence-electron chi connectivity index (χ3n) is 2.79. The van der Waals surface area contributed by atoms with Crippen LogP contribution < -0.4 is 4.74 Å². The van der Waals surface area contributed by atoms with Crippen LogP contribution in [-0.2, 0) is 15.6 Å². The van der Waals surface area contributed by atoms with Gasteiger partial charge in [-0.2, -0.15) is 0 Å². The molecule has 9 heteroatoms. The van der Waals surface area contributed by atoms with E-state index in [1.807, 2.05) is 17.7 Å². The van der Waals surface area contributed by atoms with Gasteiger partial charge in [-0.1, -0.05) is 23.2 Å². The van der Waals surface area contributed by atoms with Crippen molar-refractivity contribution in [2.75, 3.05) is 6.61 Å². The summed E-state index contributed by atoms with van der Waals surface area (Å²) in [4.78, 5) is 3.85. The Bertz CT molecular complexity index is 759. The lowest BCUT2D eigenvalue weighted by Gasteiger charge is -2.11. The van der Waals surface area contributed by atoms with Crippen LogP contribution in [0.3, 0.4) is 0 Å². The third kappa shape index (κ3) is 3.83. The maximum absolute atomic E-state index is 11.3. The van der Waals surface area contributed by atoms with E-state index in [0.717, 1.165) is 5.82 Å². The van der Waals surface area contributed by atoms with Crippen molar-refractivity contribution >= 4 is 42.9 Å². The lowest BCUT2D eigenvalue weighted by Crippen LogP contribution is -2.09. The van der Waals surface area contributed by atoms with Crippen LogP contribution in [0.25, 0.3) is 0 Å². The second-order valence-electron chi connectivity index (χ2n) is 4.14. The van der Waals surface area contributed by atoms with Gasteiger partial charge in [-0.15, -0.1) is 0 Å². The van der Waals surface area contributed by atoms with Crippen LogP contribution in [0.15, 0.2) is 29.4 Å². The van der Waals surface area contributed by atoms with Gasteiger partial charge >= 0.3 is 0 Å². The van der Waals surface area contributed by atoms with E-state index in [2.05, 4.69) is 4.98 Å². The Hall–Kier alpha value is -0.950. The minimum absolute atomic E-state index is 0.0146. The second kappa shape index (κ2) is 6.44. The molecule has 0 radical (unpaired) electrons. The Morgan fingerprint density at radius 1 is 1.29 bits per heavy atom. The van der Waals surface area contributed by atoms with Gasteiger partial charge in [-0.25, -0.2) is 13.4 Å². The summed E-state index contributed by atoms with van der Waals surface area (Å²) < 4.78 is 30.0. The summed E-state index contributed by atoms with van der Waals surface area (Å²) in [7, 11) is 1.31. The van der Waals surface area contributed by atoms with Gasteiger partial charge in [-0.05, 0) is 19.1 Å². The Balaban J connectivity index is 2.12. The molecule has 0 spiro atoms. The van der Waals surface area contributed by atoms with Gasteiger partial charge in [0.05, 0.1) is 11.6 Å². The fourth-order valence-electron chi connectivity index (χ4n) is 1.71. The molecule has 1 aromatic carbocycles. The van der Waals surface area contributed by atoms with Crippen molar-refractivity contribution in [3.63, 3.8) is 0 Å². The molecule has 0 unspecified atom stereocenters. The Morgan fingerprint density at radius 3 is 2.57 bits per heavy atom. The van der Waals surface area contributed by atoms with E-state index in [1.165, 1.54) is 12.1 Å². The monoisotopic (exact) mass is 368 g/mol. The Kier molecular flexibility index (Phi) is 5.03. The Labute approximate surface area is 136 Å². The highest BCUT2D eigenvalue weighted by atomic mass is 35.7.